The van der Waals surface area contributed by atoms with Crippen molar-refractivity contribution in [2.75, 3.05) is 0 Å². The van der Waals surface area contributed by atoms with E-state index in [4.69, 9.17) is 0 Å². The molecule has 0 bridgehead atoms. The number of carboxylic acid groups (broad SMARTS) is 2. The Morgan fingerprint density at radius 3 is 1.05 bits per heavy atom. The molecule has 0 N–H and O–H groups in total. The number of carbonyl (C=O) groups is 2. The SMILES string of the molecule is O=C([O-])C1CCCCC1.O=C([O-])C1CCCCC1.[Mg+2]. The Bertz CT molecular complexity index is 241. The van der Waals surface area contributed by atoms with Crippen molar-refractivity contribution >= 4 is 35.0 Å². The number of hydrogen-bond acceptors (Lipinski definition) is 4. The van der Waals surface area contributed by atoms with Gasteiger partial charge in [-0.2, -0.15) is 0 Å². The molecule has 0 unspecified atom stereocenters. The van der Waals surface area contributed by atoms with E-state index in [1.165, 1.54) is 12.8 Å². The van der Waals surface area contributed by atoms with Gasteiger partial charge in [-0.1, -0.05) is 38.5 Å². The molecular weight excluding hydrogens is 256 g/mol. The van der Waals surface area contributed by atoms with Crippen molar-refractivity contribution in [1.29, 1.82) is 0 Å². The van der Waals surface area contributed by atoms with E-state index in [1.54, 1.807) is 0 Å². The first-order chi connectivity index (χ1) is 8.61. The minimum atomic E-state index is -0.852. The van der Waals surface area contributed by atoms with E-state index in [0.717, 1.165) is 51.4 Å². The Labute approximate surface area is 131 Å². The van der Waals surface area contributed by atoms with Gasteiger partial charge in [-0.15, -0.1) is 0 Å². The summed E-state index contributed by atoms with van der Waals surface area (Å²) in [5, 5.41) is 20.5. The van der Waals surface area contributed by atoms with E-state index in [-0.39, 0.29) is 34.9 Å². The zero-order valence-electron chi connectivity index (χ0n) is 11.6. The van der Waals surface area contributed by atoms with Gasteiger partial charge in [-0.05, 0) is 37.5 Å². The van der Waals surface area contributed by atoms with Crippen molar-refractivity contribution in [2.45, 2.75) is 64.2 Å². The van der Waals surface area contributed by atoms with Crippen molar-refractivity contribution in [3.8, 4) is 0 Å². The molecule has 0 heterocycles. The summed E-state index contributed by atoms with van der Waals surface area (Å²) in [7, 11) is 0. The Balaban J connectivity index is 0.000000324. The zero-order valence-corrected chi connectivity index (χ0v) is 13.0. The second kappa shape index (κ2) is 10.5. The van der Waals surface area contributed by atoms with Crippen LogP contribution < -0.4 is 10.2 Å². The average Bonchev–Trinajstić information content (AvgIpc) is 2.41. The molecule has 0 amide bonds. The summed E-state index contributed by atoms with van der Waals surface area (Å²) < 4.78 is 0. The van der Waals surface area contributed by atoms with E-state index >= 15 is 0 Å². The first-order valence-corrected chi connectivity index (χ1v) is 7.03. The van der Waals surface area contributed by atoms with Gasteiger partial charge in [0.15, 0.2) is 0 Å². The third kappa shape index (κ3) is 7.77. The number of carbonyl (C=O) groups excluding carboxylic acids is 2. The molecule has 2 fully saturated rings. The van der Waals surface area contributed by atoms with Crippen molar-refractivity contribution in [3.63, 3.8) is 0 Å². The molecule has 0 aromatic heterocycles. The van der Waals surface area contributed by atoms with Crippen molar-refractivity contribution in [3.05, 3.63) is 0 Å². The van der Waals surface area contributed by atoms with Crippen LogP contribution in [0.5, 0.6) is 0 Å². The third-order valence-corrected chi connectivity index (χ3v) is 3.88. The van der Waals surface area contributed by atoms with Crippen LogP contribution in [0.25, 0.3) is 0 Å². The number of hydrogen-bond donors (Lipinski definition) is 0. The van der Waals surface area contributed by atoms with Crippen molar-refractivity contribution in [2.24, 2.45) is 11.8 Å². The largest absolute Gasteiger partial charge is 2.00 e. The van der Waals surface area contributed by atoms with Gasteiger partial charge >= 0.3 is 23.1 Å². The summed E-state index contributed by atoms with van der Waals surface area (Å²) in [5.41, 5.74) is 0. The van der Waals surface area contributed by atoms with Gasteiger partial charge in [0, 0.05) is 11.9 Å². The number of carboxylic acids is 2. The fourth-order valence-electron chi connectivity index (χ4n) is 2.68. The standard InChI is InChI=1S/2C7H12O2.Mg/c2*8-7(9)6-4-2-1-3-5-6;/h2*6H,1-5H2,(H,8,9);/q;;+2/p-2. The van der Waals surface area contributed by atoms with Crippen LogP contribution in [-0.2, 0) is 9.59 Å². The predicted octanol–water partition coefficient (Wildman–Crippen LogP) is 0.252. The molecule has 19 heavy (non-hydrogen) atoms. The first kappa shape index (κ1) is 18.7. The summed E-state index contributed by atoms with van der Waals surface area (Å²) in [4.78, 5) is 20.5. The van der Waals surface area contributed by atoms with Crippen LogP contribution in [0.4, 0.5) is 0 Å². The van der Waals surface area contributed by atoms with Crippen LogP contribution in [-0.4, -0.2) is 35.0 Å². The summed E-state index contributed by atoms with van der Waals surface area (Å²) >= 11 is 0. The van der Waals surface area contributed by atoms with Crippen LogP contribution in [0.3, 0.4) is 0 Å². The molecule has 104 valence electrons. The van der Waals surface area contributed by atoms with Crippen LogP contribution in [0.2, 0.25) is 0 Å². The molecule has 0 aromatic carbocycles. The van der Waals surface area contributed by atoms with Crippen molar-refractivity contribution in [1.82, 2.24) is 0 Å². The van der Waals surface area contributed by atoms with Crippen LogP contribution in [0, 0.1) is 11.8 Å². The fraction of sp³-hybridized carbons (Fsp3) is 0.857. The smallest absolute Gasteiger partial charge is 0.550 e. The second-order valence-corrected chi connectivity index (χ2v) is 5.31. The van der Waals surface area contributed by atoms with Crippen molar-refractivity contribution < 1.29 is 19.8 Å². The molecule has 4 nitrogen and oxygen atoms in total. The molecule has 0 radical (unpaired) electrons. The molecule has 0 spiro atoms. The normalized spacial score (nSPS) is 20.6. The number of rotatable bonds is 2. The minimum Gasteiger partial charge on any atom is -0.550 e. The maximum atomic E-state index is 10.2. The van der Waals surface area contributed by atoms with E-state index in [0.29, 0.717) is 0 Å². The van der Waals surface area contributed by atoms with E-state index < -0.39 is 11.9 Å². The zero-order chi connectivity index (χ0) is 13.4. The van der Waals surface area contributed by atoms with Gasteiger partial charge in [-0.3, -0.25) is 0 Å². The van der Waals surface area contributed by atoms with Crippen LogP contribution in [0.15, 0.2) is 0 Å². The molecule has 2 rings (SSSR count). The van der Waals surface area contributed by atoms with Gasteiger partial charge in [0.05, 0.1) is 0 Å². The molecule has 2 aliphatic rings. The quantitative estimate of drug-likeness (QED) is 0.678. The average molecular weight is 279 g/mol. The molecule has 2 saturated carbocycles. The minimum absolute atomic E-state index is 0. The first-order valence-electron chi connectivity index (χ1n) is 7.03. The maximum Gasteiger partial charge on any atom is 2.00 e. The summed E-state index contributed by atoms with van der Waals surface area (Å²) in [5.74, 6) is -1.98. The molecule has 2 aliphatic carbocycles. The van der Waals surface area contributed by atoms with E-state index in [2.05, 4.69) is 0 Å². The Kier molecular flexibility index (Phi) is 10.3. The van der Waals surface area contributed by atoms with Gasteiger partial charge in [0.1, 0.15) is 0 Å². The Morgan fingerprint density at radius 2 is 0.895 bits per heavy atom. The maximum absolute atomic E-state index is 10.2. The molecule has 5 heteroatoms. The van der Waals surface area contributed by atoms with Gasteiger partial charge in [0.25, 0.3) is 0 Å². The van der Waals surface area contributed by atoms with Gasteiger partial charge in [0.2, 0.25) is 0 Å². The molecular formula is C14H22MgO4. The number of aliphatic carboxylic acids is 2. The van der Waals surface area contributed by atoms with Crippen LogP contribution in [0.1, 0.15) is 64.2 Å². The third-order valence-electron chi connectivity index (χ3n) is 3.88. The van der Waals surface area contributed by atoms with E-state index in [9.17, 15) is 19.8 Å². The monoisotopic (exact) mass is 278 g/mol. The Hall–Kier alpha value is -0.294. The second-order valence-electron chi connectivity index (χ2n) is 5.31. The molecule has 0 atom stereocenters. The topological polar surface area (TPSA) is 80.3 Å². The molecule has 0 saturated heterocycles. The van der Waals surface area contributed by atoms with Gasteiger partial charge < -0.3 is 19.8 Å². The fourth-order valence-corrected chi connectivity index (χ4v) is 2.68. The summed E-state index contributed by atoms with van der Waals surface area (Å²) in [6.07, 6.45) is 10.0. The van der Waals surface area contributed by atoms with Gasteiger partial charge in [-0.25, -0.2) is 0 Å². The summed E-state index contributed by atoms with van der Waals surface area (Å²) in [6, 6.07) is 0. The Morgan fingerprint density at radius 1 is 0.632 bits per heavy atom. The predicted molar refractivity (Wildman–Crippen MR) is 68.9 cm³/mol. The molecule has 0 aliphatic heterocycles. The molecule has 0 aromatic rings. The summed E-state index contributed by atoms with van der Waals surface area (Å²) in [6.45, 7) is 0. The van der Waals surface area contributed by atoms with Crippen LogP contribution >= 0.6 is 0 Å². The van der Waals surface area contributed by atoms with E-state index in [1.807, 2.05) is 0 Å².